The number of aromatic nitrogens is 2. The summed E-state index contributed by atoms with van der Waals surface area (Å²) in [5.41, 5.74) is 3.01. The number of amides is 2. The number of benzene rings is 2. The summed E-state index contributed by atoms with van der Waals surface area (Å²) < 4.78 is 5.36. The highest BCUT2D eigenvalue weighted by Gasteiger charge is 2.36. The quantitative estimate of drug-likeness (QED) is 0.305. The lowest BCUT2D eigenvalue weighted by Gasteiger charge is -2.22. The smallest absolute Gasteiger partial charge is 0.407 e. The summed E-state index contributed by atoms with van der Waals surface area (Å²) in [5.74, 6) is -0.188. The minimum absolute atomic E-state index is 0.0965. The summed E-state index contributed by atoms with van der Waals surface area (Å²) in [4.78, 5) is 35.9. The molecule has 1 aliphatic heterocycles. The van der Waals surface area contributed by atoms with E-state index in [1.807, 2.05) is 57.2 Å². The Morgan fingerprint density at radius 1 is 1.07 bits per heavy atom. The first-order valence-corrected chi connectivity index (χ1v) is 13.6. The van der Waals surface area contributed by atoms with Gasteiger partial charge in [0.2, 0.25) is 0 Å². The number of para-hydroxylation sites is 1. The van der Waals surface area contributed by atoms with E-state index in [-0.39, 0.29) is 18.2 Å². The van der Waals surface area contributed by atoms with Crippen molar-refractivity contribution in [3.05, 3.63) is 101 Å². The number of aromatic hydroxyl groups is 1. The van der Waals surface area contributed by atoms with E-state index in [9.17, 15) is 14.7 Å². The summed E-state index contributed by atoms with van der Waals surface area (Å²) in [7, 11) is 0. The molecule has 1 aliphatic rings. The van der Waals surface area contributed by atoms with Crippen LogP contribution in [0, 0.1) is 0 Å². The molecule has 1 atom stereocenters. The average molecular weight is 556 g/mol. The molecule has 10 heteroatoms. The molecule has 0 radical (unpaired) electrons. The van der Waals surface area contributed by atoms with Crippen molar-refractivity contribution in [2.75, 3.05) is 0 Å². The molecule has 0 saturated heterocycles. The Labute approximate surface area is 236 Å². The monoisotopic (exact) mass is 555 g/mol. The largest absolute Gasteiger partial charge is 0.508 e. The maximum Gasteiger partial charge on any atom is 0.407 e. The van der Waals surface area contributed by atoms with Crippen LogP contribution in [0.1, 0.15) is 59.7 Å². The molecule has 0 bridgehead atoms. The zero-order chi connectivity index (χ0) is 28.3. The second kappa shape index (κ2) is 11.3. The number of phenols is 1. The van der Waals surface area contributed by atoms with Crippen LogP contribution in [0.25, 0.3) is 10.4 Å². The number of thiophene rings is 1. The molecule has 1 unspecified atom stereocenters. The molecule has 3 heterocycles. The van der Waals surface area contributed by atoms with Crippen molar-refractivity contribution in [3.8, 4) is 16.2 Å². The van der Waals surface area contributed by atoms with Crippen LogP contribution in [0.5, 0.6) is 5.75 Å². The zero-order valence-electron chi connectivity index (χ0n) is 22.4. The van der Waals surface area contributed by atoms with Crippen LogP contribution in [-0.2, 0) is 11.3 Å². The third-order valence-corrected chi connectivity index (χ3v) is 7.30. The van der Waals surface area contributed by atoms with E-state index in [1.54, 1.807) is 42.9 Å². The zero-order valence-corrected chi connectivity index (χ0v) is 23.2. The number of hydrazone groups is 1. The first-order valence-electron chi connectivity index (χ1n) is 12.8. The molecule has 2 amide bonds. The standard InChI is InChI=1S/C30H29N5O4S/c1-30(2,3)39-29(38)33-17-19-8-4-5-9-20(19)26-12-13-27(40-26)28(37)35-24(21-10-6-7-11-25(21)36)16-22(34-35)23-18-31-14-15-32-23/h4-15,18,24,36H,16-17H2,1-3H3,(H,33,38). The predicted molar refractivity (Wildman–Crippen MR) is 153 cm³/mol. The van der Waals surface area contributed by atoms with Crippen molar-refractivity contribution in [2.45, 2.75) is 45.4 Å². The molecular formula is C30H29N5O4S. The van der Waals surface area contributed by atoms with Crippen LogP contribution in [0.2, 0.25) is 0 Å². The summed E-state index contributed by atoms with van der Waals surface area (Å²) in [6.45, 7) is 5.72. The summed E-state index contributed by atoms with van der Waals surface area (Å²) in [5, 5.41) is 19.4. The van der Waals surface area contributed by atoms with Gasteiger partial charge in [0.25, 0.3) is 5.91 Å². The number of ether oxygens (including phenoxy) is 1. The van der Waals surface area contributed by atoms with E-state index in [0.29, 0.717) is 28.3 Å². The van der Waals surface area contributed by atoms with Crippen molar-refractivity contribution in [1.29, 1.82) is 0 Å². The summed E-state index contributed by atoms with van der Waals surface area (Å²) >= 11 is 1.34. The Balaban J connectivity index is 1.41. The van der Waals surface area contributed by atoms with Gasteiger partial charge < -0.3 is 15.2 Å². The molecule has 0 saturated carbocycles. The number of phenolic OH excluding ortho intramolecular Hbond substituents is 1. The summed E-state index contributed by atoms with van der Waals surface area (Å²) in [6.07, 6.45) is 4.67. The second-order valence-corrected chi connectivity index (χ2v) is 11.3. The minimum atomic E-state index is -0.591. The van der Waals surface area contributed by atoms with Gasteiger partial charge in [-0.1, -0.05) is 42.5 Å². The van der Waals surface area contributed by atoms with Gasteiger partial charge in [-0.05, 0) is 50.1 Å². The van der Waals surface area contributed by atoms with Gasteiger partial charge in [0, 0.05) is 35.8 Å². The van der Waals surface area contributed by atoms with Gasteiger partial charge in [0.15, 0.2) is 0 Å². The highest BCUT2D eigenvalue weighted by Crippen LogP contribution is 2.39. The Morgan fingerprint density at radius 3 is 2.60 bits per heavy atom. The van der Waals surface area contributed by atoms with E-state index in [4.69, 9.17) is 4.74 Å². The molecule has 2 N–H and O–H groups in total. The fraction of sp³-hybridized carbons (Fsp3) is 0.233. The lowest BCUT2D eigenvalue weighted by Crippen LogP contribution is -2.32. The molecule has 0 aliphatic carbocycles. The molecule has 9 nitrogen and oxygen atoms in total. The number of rotatable bonds is 6. The molecule has 2 aromatic carbocycles. The molecule has 204 valence electrons. The summed E-state index contributed by atoms with van der Waals surface area (Å²) in [6, 6.07) is 17.8. The first-order chi connectivity index (χ1) is 19.2. The number of hydrogen-bond acceptors (Lipinski definition) is 8. The number of nitrogens with one attached hydrogen (secondary N) is 1. The van der Waals surface area contributed by atoms with E-state index in [2.05, 4.69) is 20.4 Å². The van der Waals surface area contributed by atoms with E-state index in [0.717, 1.165) is 16.0 Å². The molecule has 40 heavy (non-hydrogen) atoms. The van der Waals surface area contributed by atoms with E-state index >= 15 is 0 Å². The van der Waals surface area contributed by atoms with Gasteiger partial charge in [-0.15, -0.1) is 11.3 Å². The maximum atomic E-state index is 13.8. The van der Waals surface area contributed by atoms with Crippen molar-refractivity contribution in [2.24, 2.45) is 5.10 Å². The highest BCUT2D eigenvalue weighted by molar-refractivity contribution is 7.17. The number of carbonyl (C=O) groups excluding carboxylic acids is 2. The number of alkyl carbamates (subject to hydrolysis) is 1. The van der Waals surface area contributed by atoms with Gasteiger partial charge in [-0.2, -0.15) is 5.10 Å². The van der Waals surface area contributed by atoms with Crippen molar-refractivity contribution < 1.29 is 19.4 Å². The van der Waals surface area contributed by atoms with Crippen LogP contribution < -0.4 is 5.32 Å². The fourth-order valence-corrected chi connectivity index (χ4v) is 5.42. The third kappa shape index (κ3) is 6.02. The van der Waals surface area contributed by atoms with Crippen molar-refractivity contribution >= 4 is 29.0 Å². The predicted octanol–water partition coefficient (Wildman–Crippen LogP) is 5.93. The van der Waals surface area contributed by atoms with Crippen molar-refractivity contribution in [3.63, 3.8) is 0 Å². The molecular weight excluding hydrogens is 526 g/mol. The van der Waals surface area contributed by atoms with Gasteiger partial charge in [-0.25, -0.2) is 9.80 Å². The lowest BCUT2D eigenvalue weighted by atomic mass is 9.99. The average Bonchev–Trinajstić information content (AvgIpc) is 3.60. The Hall–Kier alpha value is -4.57. The molecule has 4 aromatic rings. The molecule has 2 aromatic heterocycles. The van der Waals surface area contributed by atoms with Crippen LogP contribution in [-0.4, -0.2) is 43.4 Å². The van der Waals surface area contributed by atoms with Gasteiger partial charge >= 0.3 is 6.09 Å². The second-order valence-electron chi connectivity index (χ2n) is 10.2. The van der Waals surface area contributed by atoms with E-state index < -0.39 is 17.7 Å². The first kappa shape index (κ1) is 27.0. The molecule has 5 rings (SSSR count). The van der Waals surface area contributed by atoms with Crippen LogP contribution in [0.3, 0.4) is 0 Å². The fourth-order valence-electron chi connectivity index (χ4n) is 4.42. The van der Waals surface area contributed by atoms with Gasteiger partial charge in [0.1, 0.15) is 17.0 Å². The van der Waals surface area contributed by atoms with E-state index in [1.165, 1.54) is 16.3 Å². The molecule has 0 spiro atoms. The molecule has 0 fully saturated rings. The topological polar surface area (TPSA) is 117 Å². The van der Waals surface area contributed by atoms with Crippen LogP contribution in [0.15, 0.2) is 84.4 Å². The van der Waals surface area contributed by atoms with Crippen LogP contribution in [0.4, 0.5) is 4.79 Å². The maximum absolute atomic E-state index is 13.8. The number of nitrogens with zero attached hydrogens (tertiary/aromatic N) is 4. The Kier molecular flexibility index (Phi) is 7.61. The van der Waals surface area contributed by atoms with Crippen molar-refractivity contribution in [1.82, 2.24) is 20.3 Å². The lowest BCUT2D eigenvalue weighted by molar-refractivity contribution is 0.0523. The third-order valence-electron chi connectivity index (χ3n) is 6.19. The number of carbonyl (C=O) groups is 2. The van der Waals surface area contributed by atoms with Gasteiger partial charge in [-0.3, -0.25) is 14.8 Å². The number of hydrogen-bond donors (Lipinski definition) is 2. The normalized spacial score (nSPS) is 15.0. The minimum Gasteiger partial charge on any atom is -0.508 e. The Bertz CT molecular complexity index is 1560. The highest BCUT2D eigenvalue weighted by atomic mass is 32.1. The van der Waals surface area contributed by atoms with Crippen LogP contribution >= 0.6 is 11.3 Å². The Morgan fingerprint density at radius 2 is 1.85 bits per heavy atom. The SMILES string of the molecule is CC(C)(C)OC(=O)NCc1ccccc1-c1ccc(C(=O)N2N=C(c3cnccn3)CC2c2ccccc2O)s1. The van der Waals surface area contributed by atoms with Gasteiger partial charge in [0.05, 0.1) is 22.8 Å².